The number of halogens is 1. The predicted molar refractivity (Wildman–Crippen MR) is 88.0 cm³/mol. The molecule has 1 aromatic carbocycles. The van der Waals surface area contributed by atoms with Gasteiger partial charge in [0.2, 0.25) is 5.91 Å². The van der Waals surface area contributed by atoms with E-state index in [9.17, 15) is 14.0 Å². The molecule has 1 N–H and O–H groups in total. The Balaban J connectivity index is 1.83. The van der Waals surface area contributed by atoms with Gasteiger partial charge in [0.25, 0.3) is 0 Å². The number of aliphatic carboxylic acids is 1. The number of carbonyl (C=O) groups excluding carboxylic acids is 1. The largest absolute Gasteiger partial charge is 0.481 e. The average molecular weight is 339 g/mol. The second-order valence-corrected chi connectivity index (χ2v) is 6.83. The highest BCUT2D eigenvalue weighted by Crippen LogP contribution is 2.25. The van der Waals surface area contributed by atoms with Crippen molar-refractivity contribution in [2.75, 3.05) is 12.3 Å². The lowest BCUT2D eigenvalue weighted by Gasteiger charge is -2.35. The molecule has 0 spiro atoms. The lowest BCUT2D eigenvalue weighted by molar-refractivity contribution is -0.140. The predicted octanol–water partition coefficient (Wildman–Crippen LogP) is 3.55. The molecule has 0 radical (unpaired) electrons. The minimum atomic E-state index is -0.821. The Morgan fingerprint density at radius 2 is 2.04 bits per heavy atom. The molecule has 1 aliphatic rings. The van der Waals surface area contributed by atoms with Gasteiger partial charge in [-0.25, -0.2) is 4.39 Å². The molecule has 0 saturated carbocycles. The third kappa shape index (κ3) is 5.53. The van der Waals surface area contributed by atoms with Gasteiger partial charge in [0.1, 0.15) is 5.82 Å². The quantitative estimate of drug-likeness (QED) is 0.772. The molecule has 1 amide bonds. The first-order valence-electron chi connectivity index (χ1n) is 7.96. The molecule has 1 unspecified atom stereocenters. The third-order valence-electron chi connectivity index (χ3n) is 4.05. The Kier molecular flexibility index (Phi) is 6.89. The summed E-state index contributed by atoms with van der Waals surface area (Å²) in [5.41, 5.74) is 0. The minimum Gasteiger partial charge on any atom is -0.481 e. The number of likely N-dealkylation sites (tertiary alicyclic amines) is 1. The smallest absolute Gasteiger partial charge is 0.303 e. The monoisotopic (exact) mass is 339 g/mol. The van der Waals surface area contributed by atoms with Crippen LogP contribution in [-0.4, -0.2) is 40.2 Å². The zero-order valence-electron chi connectivity index (χ0n) is 13.0. The average Bonchev–Trinajstić information content (AvgIpc) is 2.55. The second kappa shape index (κ2) is 8.91. The Hall–Kier alpha value is -1.56. The molecule has 2 rings (SSSR count). The van der Waals surface area contributed by atoms with E-state index in [1.807, 2.05) is 4.90 Å². The summed E-state index contributed by atoms with van der Waals surface area (Å²) < 4.78 is 13.5. The molecule has 1 aromatic rings. The van der Waals surface area contributed by atoms with Gasteiger partial charge in [0.15, 0.2) is 0 Å². The summed E-state index contributed by atoms with van der Waals surface area (Å²) >= 11 is 1.34. The first-order chi connectivity index (χ1) is 11.1. The van der Waals surface area contributed by atoms with E-state index in [-0.39, 0.29) is 24.2 Å². The molecule has 0 bridgehead atoms. The number of carboxylic acids is 1. The molecule has 126 valence electrons. The first-order valence-corrected chi connectivity index (χ1v) is 8.95. The fourth-order valence-electron chi connectivity index (χ4n) is 2.87. The lowest BCUT2D eigenvalue weighted by Crippen LogP contribution is -2.44. The molecular formula is C17H22FNO3S. The summed E-state index contributed by atoms with van der Waals surface area (Å²) in [6.45, 7) is 0.702. The molecule has 1 heterocycles. The van der Waals surface area contributed by atoms with Gasteiger partial charge in [0.05, 0.1) is 0 Å². The van der Waals surface area contributed by atoms with Crippen LogP contribution in [0.3, 0.4) is 0 Å². The van der Waals surface area contributed by atoms with E-state index in [1.54, 1.807) is 18.2 Å². The molecule has 1 atom stereocenters. The van der Waals surface area contributed by atoms with Crippen molar-refractivity contribution in [3.05, 3.63) is 30.1 Å². The van der Waals surface area contributed by atoms with Crippen LogP contribution < -0.4 is 0 Å². The summed E-state index contributed by atoms with van der Waals surface area (Å²) in [6.07, 6.45) is 3.84. The van der Waals surface area contributed by atoms with Gasteiger partial charge in [-0.3, -0.25) is 9.59 Å². The van der Waals surface area contributed by atoms with Crippen molar-refractivity contribution in [2.45, 2.75) is 49.5 Å². The van der Waals surface area contributed by atoms with Crippen LogP contribution in [0.15, 0.2) is 29.2 Å². The van der Waals surface area contributed by atoms with Crippen molar-refractivity contribution < 1.29 is 19.1 Å². The van der Waals surface area contributed by atoms with Gasteiger partial charge >= 0.3 is 5.97 Å². The molecule has 4 nitrogen and oxygen atoms in total. The van der Waals surface area contributed by atoms with Gasteiger partial charge in [-0.05, 0) is 37.8 Å². The highest BCUT2D eigenvalue weighted by molar-refractivity contribution is 7.99. The highest BCUT2D eigenvalue weighted by atomic mass is 32.2. The third-order valence-corrected chi connectivity index (χ3v) is 5.10. The number of hydrogen-bond donors (Lipinski definition) is 1. The molecule has 1 fully saturated rings. The number of rotatable bonds is 7. The van der Waals surface area contributed by atoms with Crippen molar-refractivity contribution in [3.8, 4) is 0 Å². The molecule has 1 aliphatic heterocycles. The fraction of sp³-hybridized carbons (Fsp3) is 0.529. The van der Waals surface area contributed by atoms with Crippen molar-refractivity contribution >= 4 is 23.6 Å². The zero-order chi connectivity index (χ0) is 16.7. The van der Waals surface area contributed by atoms with Crippen LogP contribution in [0.5, 0.6) is 0 Å². The van der Waals surface area contributed by atoms with E-state index in [2.05, 4.69) is 0 Å². The van der Waals surface area contributed by atoms with Gasteiger partial charge in [-0.1, -0.05) is 12.1 Å². The van der Waals surface area contributed by atoms with Crippen molar-refractivity contribution in [2.24, 2.45) is 0 Å². The van der Waals surface area contributed by atoms with Crippen molar-refractivity contribution in [1.29, 1.82) is 0 Å². The summed E-state index contributed by atoms with van der Waals surface area (Å²) in [4.78, 5) is 25.5. The second-order valence-electron chi connectivity index (χ2n) is 5.70. The maximum Gasteiger partial charge on any atom is 0.303 e. The van der Waals surface area contributed by atoms with E-state index >= 15 is 0 Å². The molecule has 0 aliphatic carbocycles. The van der Waals surface area contributed by atoms with E-state index in [0.29, 0.717) is 30.0 Å². The van der Waals surface area contributed by atoms with Crippen LogP contribution in [0.4, 0.5) is 4.39 Å². The van der Waals surface area contributed by atoms with E-state index in [0.717, 1.165) is 19.3 Å². The van der Waals surface area contributed by atoms with Crippen LogP contribution in [-0.2, 0) is 9.59 Å². The number of nitrogens with zero attached hydrogens (tertiary/aromatic N) is 1. The molecule has 1 saturated heterocycles. The van der Waals surface area contributed by atoms with E-state index in [4.69, 9.17) is 5.11 Å². The standard InChI is InChI=1S/C17H22FNO3S/c18-14-6-1-2-7-15(14)23-12-10-16(20)19-11-4-3-5-13(19)8-9-17(21)22/h1-2,6-7,13H,3-5,8-12H2,(H,21,22). The van der Waals surface area contributed by atoms with Gasteiger partial charge in [-0.15, -0.1) is 11.8 Å². The van der Waals surface area contributed by atoms with E-state index in [1.165, 1.54) is 17.8 Å². The van der Waals surface area contributed by atoms with Crippen molar-refractivity contribution in [3.63, 3.8) is 0 Å². The van der Waals surface area contributed by atoms with Crippen LogP contribution in [0.25, 0.3) is 0 Å². The molecule has 6 heteroatoms. The maximum absolute atomic E-state index is 13.5. The van der Waals surface area contributed by atoms with Crippen LogP contribution >= 0.6 is 11.8 Å². The van der Waals surface area contributed by atoms with Crippen molar-refractivity contribution in [1.82, 2.24) is 4.90 Å². The fourth-order valence-corrected chi connectivity index (χ4v) is 3.75. The van der Waals surface area contributed by atoms with Gasteiger partial charge in [-0.2, -0.15) is 0 Å². The summed E-state index contributed by atoms with van der Waals surface area (Å²) in [7, 11) is 0. The Labute approximate surface area is 140 Å². The van der Waals surface area contributed by atoms with Crippen LogP contribution in [0.2, 0.25) is 0 Å². The Bertz CT molecular complexity index is 552. The zero-order valence-corrected chi connectivity index (χ0v) is 13.9. The minimum absolute atomic E-state index is 0.0332. The molecule has 23 heavy (non-hydrogen) atoms. The summed E-state index contributed by atoms with van der Waals surface area (Å²) in [5, 5.41) is 8.82. The topological polar surface area (TPSA) is 57.6 Å². The first kappa shape index (κ1) is 17.8. The lowest BCUT2D eigenvalue weighted by atomic mass is 9.97. The number of carboxylic acid groups (broad SMARTS) is 1. The number of thioether (sulfide) groups is 1. The van der Waals surface area contributed by atoms with E-state index < -0.39 is 5.97 Å². The van der Waals surface area contributed by atoms with Crippen LogP contribution in [0.1, 0.15) is 38.5 Å². The number of amides is 1. The normalized spacial score (nSPS) is 18.0. The molecular weight excluding hydrogens is 317 g/mol. The number of carbonyl (C=O) groups is 2. The summed E-state index contributed by atoms with van der Waals surface area (Å²) in [6, 6.07) is 6.58. The number of benzene rings is 1. The highest BCUT2D eigenvalue weighted by Gasteiger charge is 2.26. The Morgan fingerprint density at radius 3 is 2.78 bits per heavy atom. The van der Waals surface area contributed by atoms with Gasteiger partial charge < -0.3 is 10.0 Å². The Morgan fingerprint density at radius 1 is 1.26 bits per heavy atom. The van der Waals surface area contributed by atoms with Gasteiger partial charge in [0, 0.05) is 36.1 Å². The number of hydrogen-bond acceptors (Lipinski definition) is 3. The SMILES string of the molecule is O=C(O)CCC1CCCCN1C(=O)CCSc1ccccc1F. The maximum atomic E-state index is 13.5. The molecule has 0 aromatic heterocycles. The summed E-state index contributed by atoms with van der Waals surface area (Å²) in [5.74, 6) is -0.508. The number of piperidine rings is 1. The van der Waals surface area contributed by atoms with Crippen LogP contribution in [0, 0.1) is 5.82 Å².